The number of nitrogens with zero attached hydrogens (tertiary/aromatic N) is 1. The zero-order chi connectivity index (χ0) is 14.5. The second-order valence-electron chi connectivity index (χ2n) is 6.60. The van der Waals surface area contributed by atoms with E-state index in [1.807, 2.05) is 0 Å². The summed E-state index contributed by atoms with van der Waals surface area (Å²) in [5.74, 6) is 0. The van der Waals surface area contributed by atoms with E-state index in [1.165, 1.54) is 69.0 Å². The molecule has 3 rings (SSSR count). The van der Waals surface area contributed by atoms with Crippen molar-refractivity contribution in [3.05, 3.63) is 35.4 Å². The van der Waals surface area contributed by atoms with E-state index in [0.29, 0.717) is 12.1 Å². The van der Waals surface area contributed by atoms with Crippen molar-refractivity contribution >= 4 is 0 Å². The molecule has 0 unspecified atom stereocenters. The lowest BCUT2D eigenvalue weighted by molar-refractivity contribution is 0.0818. The molecular formula is C19H29NO. The molecule has 2 nitrogen and oxygen atoms in total. The van der Waals surface area contributed by atoms with Crippen LogP contribution in [0.2, 0.25) is 0 Å². The average Bonchev–Trinajstić information content (AvgIpc) is 2.94. The van der Waals surface area contributed by atoms with Crippen LogP contribution in [0.4, 0.5) is 0 Å². The maximum Gasteiger partial charge on any atom is 0.100 e. The Kier molecular flexibility index (Phi) is 5.32. The van der Waals surface area contributed by atoms with Gasteiger partial charge in [0.15, 0.2) is 0 Å². The third-order valence-electron chi connectivity index (χ3n) is 5.07. The summed E-state index contributed by atoms with van der Waals surface area (Å²) >= 11 is 0. The fraction of sp³-hybridized carbons (Fsp3) is 0.684. The van der Waals surface area contributed by atoms with Crippen molar-refractivity contribution in [2.24, 2.45) is 0 Å². The molecule has 0 N–H and O–H groups in total. The van der Waals surface area contributed by atoms with Crippen LogP contribution in [0.25, 0.3) is 0 Å². The molecule has 0 aromatic heterocycles. The van der Waals surface area contributed by atoms with E-state index in [2.05, 4.69) is 36.1 Å². The number of ether oxygens (including phenoxy) is 1. The highest BCUT2D eigenvalue weighted by Gasteiger charge is 2.39. The molecule has 0 radical (unpaired) electrons. The van der Waals surface area contributed by atoms with Gasteiger partial charge in [0.25, 0.3) is 0 Å². The van der Waals surface area contributed by atoms with Gasteiger partial charge in [0.2, 0.25) is 0 Å². The Labute approximate surface area is 129 Å². The third kappa shape index (κ3) is 3.49. The summed E-state index contributed by atoms with van der Waals surface area (Å²) in [5, 5.41) is 0. The van der Waals surface area contributed by atoms with Crippen LogP contribution in [0.15, 0.2) is 24.3 Å². The van der Waals surface area contributed by atoms with Gasteiger partial charge in [0, 0.05) is 6.54 Å². The van der Waals surface area contributed by atoms with E-state index < -0.39 is 0 Å². The summed E-state index contributed by atoms with van der Waals surface area (Å²) in [6.45, 7) is 4.31. The molecule has 1 saturated heterocycles. The Morgan fingerprint density at radius 2 is 1.90 bits per heavy atom. The first kappa shape index (κ1) is 15.1. The van der Waals surface area contributed by atoms with Crippen molar-refractivity contribution in [1.29, 1.82) is 0 Å². The maximum absolute atomic E-state index is 6.05. The van der Waals surface area contributed by atoms with Gasteiger partial charge in [-0.15, -0.1) is 0 Å². The van der Waals surface area contributed by atoms with Crippen LogP contribution >= 0.6 is 0 Å². The number of rotatable bonds is 7. The fourth-order valence-electron chi connectivity index (χ4n) is 3.88. The molecule has 2 atom stereocenters. The molecule has 1 heterocycles. The number of benzene rings is 1. The Morgan fingerprint density at radius 3 is 2.81 bits per heavy atom. The molecule has 1 aliphatic heterocycles. The van der Waals surface area contributed by atoms with Crippen molar-refractivity contribution in [1.82, 2.24) is 4.90 Å². The first-order chi connectivity index (χ1) is 10.4. The minimum absolute atomic E-state index is 0.431. The van der Waals surface area contributed by atoms with Gasteiger partial charge in [0.05, 0.1) is 12.1 Å². The Bertz CT molecular complexity index is 445. The third-order valence-corrected chi connectivity index (χ3v) is 5.07. The van der Waals surface area contributed by atoms with Crippen molar-refractivity contribution in [2.45, 2.75) is 70.4 Å². The number of hydrogen-bond acceptors (Lipinski definition) is 2. The minimum Gasteiger partial charge on any atom is -0.361 e. The highest BCUT2D eigenvalue weighted by Crippen LogP contribution is 2.40. The predicted molar refractivity (Wildman–Crippen MR) is 87.3 cm³/mol. The molecule has 1 aromatic carbocycles. The summed E-state index contributed by atoms with van der Waals surface area (Å²) in [7, 11) is 0. The number of unbranched alkanes of at least 4 members (excludes halogenated alkanes) is 5. The van der Waals surface area contributed by atoms with Crippen LogP contribution in [0, 0.1) is 0 Å². The molecule has 2 heteroatoms. The number of fused-ring (bicyclic) bond motifs is 3. The monoisotopic (exact) mass is 287 g/mol. The van der Waals surface area contributed by atoms with Crippen LogP contribution in [0.5, 0.6) is 0 Å². The first-order valence-electron chi connectivity index (χ1n) is 8.83. The van der Waals surface area contributed by atoms with Crippen LogP contribution in [-0.4, -0.2) is 24.3 Å². The van der Waals surface area contributed by atoms with Crippen molar-refractivity contribution < 1.29 is 4.74 Å². The van der Waals surface area contributed by atoms with E-state index in [-0.39, 0.29) is 0 Å². The molecule has 0 saturated carbocycles. The Hall–Kier alpha value is -0.860. The SMILES string of the molecule is CCCCCCCCN1CO[C@@H]2CCc3ccccc3[C@@H]21. The topological polar surface area (TPSA) is 12.5 Å². The summed E-state index contributed by atoms with van der Waals surface area (Å²) in [6, 6.07) is 9.49. The van der Waals surface area contributed by atoms with E-state index in [4.69, 9.17) is 4.74 Å². The number of aryl methyl sites for hydroxylation is 1. The van der Waals surface area contributed by atoms with E-state index >= 15 is 0 Å². The van der Waals surface area contributed by atoms with Gasteiger partial charge in [-0.2, -0.15) is 0 Å². The minimum atomic E-state index is 0.431. The van der Waals surface area contributed by atoms with E-state index in [0.717, 1.165) is 6.73 Å². The van der Waals surface area contributed by atoms with Gasteiger partial charge < -0.3 is 4.74 Å². The summed E-state index contributed by atoms with van der Waals surface area (Å²) < 4.78 is 6.05. The molecule has 0 spiro atoms. The average molecular weight is 287 g/mol. The van der Waals surface area contributed by atoms with Gasteiger partial charge >= 0.3 is 0 Å². The Balaban J connectivity index is 1.54. The largest absolute Gasteiger partial charge is 0.361 e. The molecule has 1 aromatic rings. The standard InChI is InChI=1S/C19H29NO/c1-2-3-4-5-6-9-14-20-15-21-18-13-12-16-10-7-8-11-17(16)19(18)20/h7-8,10-11,18-19H,2-6,9,12-15H2,1H3/t18-,19+/m1/s1. The van der Waals surface area contributed by atoms with Crippen LogP contribution in [0.1, 0.15) is 69.0 Å². The molecule has 0 amide bonds. The lowest BCUT2D eigenvalue weighted by atomic mass is 9.85. The smallest absolute Gasteiger partial charge is 0.100 e. The fourth-order valence-corrected chi connectivity index (χ4v) is 3.88. The van der Waals surface area contributed by atoms with Crippen LogP contribution in [0.3, 0.4) is 0 Å². The summed E-state index contributed by atoms with van der Waals surface area (Å²) in [5.41, 5.74) is 3.06. The second-order valence-corrected chi connectivity index (χ2v) is 6.60. The van der Waals surface area contributed by atoms with Gasteiger partial charge in [0.1, 0.15) is 6.73 Å². The summed E-state index contributed by atoms with van der Waals surface area (Å²) in [6.07, 6.45) is 11.0. The zero-order valence-corrected chi connectivity index (χ0v) is 13.4. The predicted octanol–water partition coefficient (Wildman–Crippen LogP) is 4.69. The molecule has 1 aliphatic carbocycles. The quantitative estimate of drug-likeness (QED) is 0.674. The summed E-state index contributed by atoms with van der Waals surface area (Å²) in [4.78, 5) is 2.57. The van der Waals surface area contributed by atoms with Gasteiger partial charge in [-0.05, 0) is 30.4 Å². The normalized spacial score (nSPS) is 24.8. The van der Waals surface area contributed by atoms with Crippen molar-refractivity contribution in [3.63, 3.8) is 0 Å². The van der Waals surface area contributed by atoms with E-state index in [9.17, 15) is 0 Å². The Morgan fingerprint density at radius 1 is 1.10 bits per heavy atom. The molecule has 21 heavy (non-hydrogen) atoms. The molecular weight excluding hydrogens is 258 g/mol. The van der Waals surface area contributed by atoms with Gasteiger partial charge in [-0.25, -0.2) is 0 Å². The molecule has 0 bridgehead atoms. The lowest BCUT2D eigenvalue weighted by Crippen LogP contribution is -2.32. The lowest BCUT2D eigenvalue weighted by Gasteiger charge is -2.31. The van der Waals surface area contributed by atoms with Crippen molar-refractivity contribution in [2.75, 3.05) is 13.3 Å². The zero-order valence-electron chi connectivity index (χ0n) is 13.4. The van der Waals surface area contributed by atoms with Crippen LogP contribution in [-0.2, 0) is 11.2 Å². The van der Waals surface area contributed by atoms with Gasteiger partial charge in [-0.1, -0.05) is 63.3 Å². The van der Waals surface area contributed by atoms with Gasteiger partial charge in [-0.3, -0.25) is 4.90 Å². The molecule has 116 valence electrons. The maximum atomic E-state index is 6.05. The molecule has 2 aliphatic rings. The second kappa shape index (κ2) is 7.42. The number of hydrogen-bond donors (Lipinski definition) is 0. The van der Waals surface area contributed by atoms with E-state index in [1.54, 1.807) is 0 Å². The van der Waals surface area contributed by atoms with Crippen molar-refractivity contribution in [3.8, 4) is 0 Å². The molecule has 1 fully saturated rings. The highest BCUT2D eigenvalue weighted by atomic mass is 16.5. The first-order valence-corrected chi connectivity index (χ1v) is 8.83. The van der Waals surface area contributed by atoms with Crippen LogP contribution < -0.4 is 0 Å². The highest BCUT2D eigenvalue weighted by molar-refractivity contribution is 5.34.